The Morgan fingerprint density at radius 3 is 2.38 bits per heavy atom. The molecule has 3 aliphatic rings. The molecule has 0 spiro atoms. The maximum atomic E-state index is 13.3. The predicted molar refractivity (Wildman–Crippen MR) is 100.0 cm³/mol. The number of imide groups is 1. The Labute approximate surface area is 175 Å². The van der Waals surface area contributed by atoms with Crippen LogP contribution in [0.1, 0.15) is 13.8 Å². The fraction of sp³-hybridized carbons (Fsp3) is 0.368. The number of ether oxygens (including phenoxy) is 3. The van der Waals surface area contributed by atoms with Crippen molar-refractivity contribution >= 4 is 52.6 Å². The Kier molecular flexibility index (Phi) is 4.68. The molecule has 152 valence electrons. The van der Waals surface area contributed by atoms with Crippen molar-refractivity contribution in [1.82, 2.24) is 0 Å². The van der Waals surface area contributed by atoms with Crippen LogP contribution in [0.5, 0.6) is 0 Å². The molecule has 0 aliphatic carbocycles. The molecule has 2 bridgehead atoms. The van der Waals surface area contributed by atoms with E-state index in [2.05, 4.69) is 0 Å². The number of hydrogen-bond donors (Lipinski definition) is 0. The molecular formula is C19H15Cl2NO7. The molecular weight excluding hydrogens is 425 g/mol. The van der Waals surface area contributed by atoms with Gasteiger partial charge in [0.25, 0.3) is 6.29 Å². The topological polar surface area (TPSA) is 99.2 Å². The van der Waals surface area contributed by atoms with E-state index in [1.54, 1.807) is 6.08 Å². The Hall–Kier alpha value is -2.42. The van der Waals surface area contributed by atoms with Gasteiger partial charge in [0.2, 0.25) is 11.8 Å². The predicted octanol–water partition coefficient (Wildman–Crippen LogP) is 2.26. The molecule has 3 aliphatic heterocycles. The maximum absolute atomic E-state index is 13.3. The number of rotatable bonds is 4. The van der Waals surface area contributed by atoms with Crippen LogP contribution in [-0.4, -0.2) is 41.7 Å². The first-order chi connectivity index (χ1) is 13.7. The van der Waals surface area contributed by atoms with Gasteiger partial charge in [-0.3, -0.25) is 19.2 Å². The summed E-state index contributed by atoms with van der Waals surface area (Å²) in [5.74, 6) is -4.49. The zero-order valence-electron chi connectivity index (χ0n) is 15.3. The largest absolute Gasteiger partial charge is 0.422 e. The Morgan fingerprint density at radius 1 is 1.14 bits per heavy atom. The minimum absolute atomic E-state index is 0.131. The summed E-state index contributed by atoms with van der Waals surface area (Å²) in [5.41, 5.74) is -1.42. The Bertz CT molecular complexity index is 961. The highest BCUT2D eigenvalue weighted by atomic mass is 35.5. The van der Waals surface area contributed by atoms with Crippen LogP contribution in [0.15, 0.2) is 30.4 Å². The Balaban J connectivity index is 1.76. The number of amides is 2. The summed E-state index contributed by atoms with van der Waals surface area (Å²) < 4.78 is 16.2. The van der Waals surface area contributed by atoms with Gasteiger partial charge in [-0.05, 0) is 24.3 Å². The molecule has 1 aromatic carbocycles. The number of anilines is 1. The van der Waals surface area contributed by atoms with E-state index in [0.29, 0.717) is 5.02 Å². The molecule has 8 nitrogen and oxygen atoms in total. The molecule has 0 N–H and O–H groups in total. The smallest absolute Gasteiger partial charge is 0.305 e. The van der Waals surface area contributed by atoms with Gasteiger partial charge in [0, 0.05) is 18.9 Å². The molecule has 2 amide bonds. The van der Waals surface area contributed by atoms with Gasteiger partial charge < -0.3 is 14.2 Å². The van der Waals surface area contributed by atoms with Gasteiger partial charge >= 0.3 is 11.9 Å². The molecule has 2 fully saturated rings. The van der Waals surface area contributed by atoms with Crippen molar-refractivity contribution in [3.8, 4) is 0 Å². The minimum Gasteiger partial charge on any atom is -0.422 e. The lowest BCUT2D eigenvalue weighted by atomic mass is 9.76. The highest BCUT2D eigenvalue weighted by Gasteiger charge is 2.72. The van der Waals surface area contributed by atoms with E-state index in [4.69, 9.17) is 37.4 Å². The van der Waals surface area contributed by atoms with E-state index in [-0.39, 0.29) is 10.7 Å². The molecule has 29 heavy (non-hydrogen) atoms. The van der Waals surface area contributed by atoms with Gasteiger partial charge in [-0.1, -0.05) is 29.3 Å². The number of halogens is 2. The summed E-state index contributed by atoms with van der Waals surface area (Å²) in [7, 11) is 0. The van der Waals surface area contributed by atoms with Crippen molar-refractivity contribution in [2.75, 3.05) is 4.90 Å². The lowest BCUT2D eigenvalue weighted by molar-refractivity contribution is -0.226. The minimum atomic E-state index is -1.60. The molecule has 0 saturated carbocycles. The van der Waals surface area contributed by atoms with Crippen LogP contribution >= 0.6 is 23.2 Å². The molecule has 3 heterocycles. The van der Waals surface area contributed by atoms with E-state index in [0.717, 1.165) is 18.7 Å². The van der Waals surface area contributed by atoms with Gasteiger partial charge in [-0.25, -0.2) is 4.90 Å². The summed E-state index contributed by atoms with van der Waals surface area (Å²) in [6, 6.07) is 4.41. The molecule has 1 aromatic rings. The maximum Gasteiger partial charge on any atom is 0.305 e. The zero-order valence-corrected chi connectivity index (χ0v) is 16.8. The van der Waals surface area contributed by atoms with Gasteiger partial charge in [-0.15, -0.1) is 0 Å². The van der Waals surface area contributed by atoms with Crippen molar-refractivity contribution in [3.05, 3.63) is 40.4 Å². The molecule has 0 unspecified atom stereocenters. The highest BCUT2D eigenvalue weighted by Crippen LogP contribution is 2.55. The Morgan fingerprint density at radius 2 is 1.79 bits per heavy atom. The van der Waals surface area contributed by atoms with E-state index in [1.165, 1.54) is 24.3 Å². The summed E-state index contributed by atoms with van der Waals surface area (Å²) in [6.07, 6.45) is 0.847. The van der Waals surface area contributed by atoms with Gasteiger partial charge in [0.1, 0.15) is 0 Å². The number of benzene rings is 1. The van der Waals surface area contributed by atoms with E-state index in [1.807, 2.05) is 0 Å². The number of hydrogen-bond acceptors (Lipinski definition) is 7. The van der Waals surface area contributed by atoms with E-state index < -0.39 is 53.6 Å². The van der Waals surface area contributed by atoms with Gasteiger partial charge in [-0.2, -0.15) is 0 Å². The summed E-state index contributed by atoms with van der Waals surface area (Å²) in [5, 5.41) is 0.482. The summed E-state index contributed by atoms with van der Waals surface area (Å²) in [6.45, 7) is 2.27. The third-order valence-corrected chi connectivity index (χ3v) is 5.68. The van der Waals surface area contributed by atoms with Crippen LogP contribution in [0, 0.1) is 11.8 Å². The average Bonchev–Trinajstić information content (AvgIpc) is 3.26. The molecule has 0 radical (unpaired) electrons. The number of carbonyl (C=O) groups excluding carboxylic acids is 4. The second-order valence-corrected chi connectivity index (χ2v) is 7.80. The first-order valence-electron chi connectivity index (χ1n) is 8.70. The molecule has 2 saturated heterocycles. The summed E-state index contributed by atoms with van der Waals surface area (Å²) >= 11 is 12.1. The molecule has 0 aromatic heterocycles. The lowest BCUT2D eigenvalue weighted by Gasteiger charge is -2.34. The third-order valence-electron chi connectivity index (χ3n) is 5.14. The van der Waals surface area contributed by atoms with Crippen LogP contribution in [0.25, 0.3) is 0 Å². The fourth-order valence-electron chi connectivity index (χ4n) is 4.12. The first kappa shape index (κ1) is 19.9. The van der Waals surface area contributed by atoms with Crippen LogP contribution in [0.4, 0.5) is 5.69 Å². The molecule has 4 atom stereocenters. The fourth-order valence-corrected chi connectivity index (χ4v) is 4.61. The van der Waals surface area contributed by atoms with Crippen LogP contribution < -0.4 is 4.90 Å². The first-order valence-corrected chi connectivity index (χ1v) is 9.46. The number of esters is 2. The number of fused-ring (bicyclic) bond motifs is 5. The van der Waals surface area contributed by atoms with Crippen molar-refractivity contribution in [2.24, 2.45) is 11.8 Å². The van der Waals surface area contributed by atoms with Crippen molar-refractivity contribution in [1.29, 1.82) is 0 Å². The van der Waals surface area contributed by atoms with Crippen LogP contribution in [0.2, 0.25) is 10.0 Å². The average molecular weight is 440 g/mol. The van der Waals surface area contributed by atoms with Gasteiger partial charge in [0.05, 0.1) is 28.6 Å². The SMILES string of the molecule is CC(=O)OC(OC(C)=O)[C@]12C=C[C@@H](O1)[C@H]1C(=O)N(c3ccc(Cl)cc3Cl)C(=O)[C@@H]12. The highest BCUT2D eigenvalue weighted by molar-refractivity contribution is 6.38. The second-order valence-electron chi connectivity index (χ2n) is 6.96. The normalized spacial score (nSPS) is 29.6. The van der Waals surface area contributed by atoms with E-state index in [9.17, 15) is 19.2 Å². The molecule has 4 rings (SSSR count). The standard InChI is InChI=1S/C19H15Cl2NO7/c1-8(23)27-18(28-9(2)24)19-6-5-13(29-19)14-15(19)17(26)22(16(14)25)12-4-3-10(20)7-11(12)21/h3-7,13-15,18H,1-2H3/t13-,14-,15-,19-/m1/s1. The quantitative estimate of drug-likeness (QED) is 0.307. The van der Waals surface area contributed by atoms with Crippen molar-refractivity contribution in [3.63, 3.8) is 0 Å². The number of carbonyl (C=O) groups is 4. The van der Waals surface area contributed by atoms with Crippen molar-refractivity contribution < 1.29 is 33.4 Å². The summed E-state index contributed by atoms with van der Waals surface area (Å²) in [4.78, 5) is 50.6. The van der Waals surface area contributed by atoms with Crippen LogP contribution in [-0.2, 0) is 33.4 Å². The number of nitrogens with zero attached hydrogens (tertiary/aromatic N) is 1. The van der Waals surface area contributed by atoms with E-state index >= 15 is 0 Å². The zero-order chi connectivity index (χ0) is 21.1. The van der Waals surface area contributed by atoms with Gasteiger partial charge in [0.15, 0.2) is 5.60 Å². The lowest BCUT2D eigenvalue weighted by Crippen LogP contribution is -2.52. The second kappa shape index (κ2) is 6.83. The monoisotopic (exact) mass is 439 g/mol. The third kappa shape index (κ3) is 2.94. The van der Waals surface area contributed by atoms with Crippen LogP contribution in [0.3, 0.4) is 0 Å². The molecule has 10 heteroatoms. The van der Waals surface area contributed by atoms with Crippen molar-refractivity contribution in [2.45, 2.75) is 31.8 Å².